The fourth-order valence-corrected chi connectivity index (χ4v) is 1.47. The Kier molecular flexibility index (Phi) is 3.89. The number of amides is 1. The Morgan fingerprint density at radius 1 is 1.59 bits per heavy atom. The highest BCUT2D eigenvalue weighted by atomic mass is 16.2. The molecule has 96 valence electrons. The molecule has 1 aromatic heterocycles. The van der Waals surface area contributed by atoms with E-state index in [1.165, 1.54) is 0 Å². The van der Waals surface area contributed by atoms with Gasteiger partial charge in [-0.15, -0.1) is 9.78 Å². The van der Waals surface area contributed by atoms with E-state index in [4.69, 9.17) is 5.84 Å². The first kappa shape index (κ1) is 13.2. The van der Waals surface area contributed by atoms with Gasteiger partial charge in [-0.25, -0.2) is 9.59 Å². The minimum absolute atomic E-state index is 0.0902. The Bertz CT molecular complexity index is 461. The molecular weight excluding hydrogens is 224 g/mol. The number of nitrogens with zero attached hydrogens (tertiary/aromatic N) is 4. The molecule has 0 aliphatic carbocycles. The zero-order valence-electron chi connectivity index (χ0n) is 10.5. The van der Waals surface area contributed by atoms with Gasteiger partial charge in [-0.05, 0) is 27.9 Å². The third-order valence-electron chi connectivity index (χ3n) is 2.18. The van der Waals surface area contributed by atoms with E-state index in [-0.39, 0.29) is 11.9 Å². The maximum atomic E-state index is 11.7. The number of carbonyl (C=O) groups excluding carboxylic acids is 1. The van der Waals surface area contributed by atoms with Crippen LogP contribution in [-0.4, -0.2) is 52.1 Å². The van der Waals surface area contributed by atoms with Crippen LogP contribution in [0.3, 0.4) is 0 Å². The second kappa shape index (κ2) is 5.00. The number of aromatic nitrogens is 3. The Balaban J connectivity index is 2.77. The number of hydrogen-bond donors (Lipinski definition) is 2. The molecule has 0 bridgehead atoms. The van der Waals surface area contributed by atoms with Crippen LogP contribution in [-0.2, 0) is 0 Å². The van der Waals surface area contributed by atoms with E-state index in [1.54, 1.807) is 6.92 Å². The predicted octanol–water partition coefficient (Wildman–Crippen LogP) is -1.43. The maximum Gasteiger partial charge on any atom is 0.373 e. The summed E-state index contributed by atoms with van der Waals surface area (Å²) in [6, 6.07) is -0.663. The van der Waals surface area contributed by atoms with Gasteiger partial charge in [-0.3, -0.25) is 0 Å². The van der Waals surface area contributed by atoms with E-state index in [0.29, 0.717) is 6.54 Å². The van der Waals surface area contributed by atoms with E-state index in [9.17, 15) is 9.59 Å². The molecule has 17 heavy (non-hydrogen) atoms. The van der Waals surface area contributed by atoms with E-state index in [1.807, 2.05) is 25.9 Å². The Labute approximate surface area is 99.0 Å². The van der Waals surface area contributed by atoms with Crippen LogP contribution in [0.25, 0.3) is 0 Å². The maximum absolute atomic E-state index is 11.7. The lowest BCUT2D eigenvalue weighted by Crippen LogP contribution is -2.45. The molecule has 0 spiro atoms. The SMILES string of the molecule is Cc1nn(C(=O)NC(C)CN(C)C)c(=O)n1N. The Hall–Kier alpha value is -1.83. The second-order valence-corrected chi connectivity index (χ2v) is 4.22. The normalized spacial score (nSPS) is 12.8. The quantitative estimate of drug-likeness (QED) is 0.634. The number of carbonyl (C=O) groups is 1. The van der Waals surface area contributed by atoms with Crippen LogP contribution in [0.1, 0.15) is 12.7 Å². The first-order chi connectivity index (χ1) is 7.82. The number of aryl methyl sites for hydroxylation is 1. The molecule has 0 aromatic carbocycles. The molecule has 0 aliphatic heterocycles. The summed E-state index contributed by atoms with van der Waals surface area (Å²) in [6.45, 7) is 4.06. The summed E-state index contributed by atoms with van der Waals surface area (Å²) in [5.74, 6) is 5.67. The van der Waals surface area contributed by atoms with Crippen molar-refractivity contribution in [3.05, 3.63) is 16.3 Å². The summed E-state index contributed by atoms with van der Waals surface area (Å²) in [6.07, 6.45) is 0. The Morgan fingerprint density at radius 3 is 2.59 bits per heavy atom. The largest absolute Gasteiger partial charge is 0.373 e. The van der Waals surface area contributed by atoms with Crippen molar-refractivity contribution in [2.24, 2.45) is 0 Å². The predicted molar refractivity (Wildman–Crippen MR) is 63.3 cm³/mol. The summed E-state index contributed by atoms with van der Waals surface area (Å²) in [4.78, 5) is 25.2. The third-order valence-corrected chi connectivity index (χ3v) is 2.18. The average molecular weight is 242 g/mol. The van der Waals surface area contributed by atoms with E-state index in [2.05, 4.69) is 10.4 Å². The Morgan fingerprint density at radius 2 is 2.18 bits per heavy atom. The van der Waals surface area contributed by atoms with Crippen molar-refractivity contribution in [3.63, 3.8) is 0 Å². The van der Waals surface area contributed by atoms with E-state index in [0.717, 1.165) is 9.36 Å². The van der Waals surface area contributed by atoms with Crippen molar-refractivity contribution in [3.8, 4) is 0 Å². The molecule has 1 aromatic rings. The second-order valence-electron chi connectivity index (χ2n) is 4.22. The average Bonchev–Trinajstić information content (AvgIpc) is 2.44. The molecule has 0 aliphatic rings. The first-order valence-corrected chi connectivity index (χ1v) is 5.22. The van der Waals surface area contributed by atoms with Crippen LogP contribution >= 0.6 is 0 Å². The lowest BCUT2D eigenvalue weighted by molar-refractivity contribution is 0.232. The van der Waals surface area contributed by atoms with Crippen molar-refractivity contribution in [1.29, 1.82) is 0 Å². The molecule has 0 saturated heterocycles. The van der Waals surface area contributed by atoms with Gasteiger partial charge < -0.3 is 16.1 Å². The first-order valence-electron chi connectivity index (χ1n) is 5.22. The smallest absolute Gasteiger partial charge is 0.333 e. The van der Waals surface area contributed by atoms with Crippen LogP contribution in [0.4, 0.5) is 4.79 Å². The lowest BCUT2D eigenvalue weighted by Gasteiger charge is -2.17. The fraction of sp³-hybridized carbons (Fsp3) is 0.667. The van der Waals surface area contributed by atoms with Crippen LogP contribution in [0, 0.1) is 6.92 Å². The monoisotopic (exact) mass is 242 g/mol. The summed E-state index contributed by atoms with van der Waals surface area (Å²) < 4.78 is 1.55. The van der Waals surface area contributed by atoms with Crippen molar-refractivity contribution < 1.29 is 4.79 Å². The number of nitrogens with two attached hydrogens (primary N) is 1. The van der Waals surface area contributed by atoms with Gasteiger partial charge in [0.05, 0.1) is 0 Å². The summed E-state index contributed by atoms with van der Waals surface area (Å²) in [5, 5.41) is 6.42. The number of nitrogens with one attached hydrogen (secondary N) is 1. The molecular formula is C9H18N6O2. The van der Waals surface area contributed by atoms with Crippen molar-refractivity contribution in [2.45, 2.75) is 19.9 Å². The molecule has 0 radical (unpaired) electrons. The zero-order chi connectivity index (χ0) is 13.2. The van der Waals surface area contributed by atoms with Crippen LogP contribution < -0.4 is 16.8 Å². The highest BCUT2D eigenvalue weighted by Crippen LogP contribution is 1.88. The van der Waals surface area contributed by atoms with Gasteiger partial charge in [0.25, 0.3) is 0 Å². The van der Waals surface area contributed by atoms with E-state index < -0.39 is 11.7 Å². The fourth-order valence-electron chi connectivity index (χ4n) is 1.47. The topological polar surface area (TPSA) is 98.2 Å². The van der Waals surface area contributed by atoms with Crippen LogP contribution in [0.2, 0.25) is 0 Å². The van der Waals surface area contributed by atoms with Crippen molar-refractivity contribution in [1.82, 2.24) is 24.7 Å². The van der Waals surface area contributed by atoms with Crippen molar-refractivity contribution >= 4 is 6.03 Å². The summed E-state index contributed by atoms with van der Waals surface area (Å²) >= 11 is 0. The van der Waals surface area contributed by atoms with Gasteiger partial charge in [0.15, 0.2) is 5.82 Å². The van der Waals surface area contributed by atoms with Gasteiger partial charge in [0, 0.05) is 12.6 Å². The van der Waals surface area contributed by atoms with Gasteiger partial charge in [0.1, 0.15) is 0 Å². The molecule has 1 rings (SSSR count). The molecule has 1 atom stereocenters. The highest BCUT2D eigenvalue weighted by molar-refractivity contribution is 5.75. The summed E-state index contributed by atoms with van der Waals surface area (Å²) in [7, 11) is 3.79. The van der Waals surface area contributed by atoms with Gasteiger partial charge >= 0.3 is 11.7 Å². The number of likely N-dealkylation sites (N-methyl/N-ethyl adjacent to an activating group) is 1. The molecule has 0 saturated carbocycles. The van der Waals surface area contributed by atoms with Crippen LogP contribution in [0.5, 0.6) is 0 Å². The number of nitrogen functional groups attached to an aromatic ring is 1. The minimum Gasteiger partial charge on any atom is -0.333 e. The molecule has 8 heteroatoms. The van der Waals surface area contributed by atoms with Gasteiger partial charge in [0.2, 0.25) is 0 Å². The molecule has 1 heterocycles. The highest BCUT2D eigenvalue weighted by Gasteiger charge is 2.16. The zero-order valence-corrected chi connectivity index (χ0v) is 10.5. The van der Waals surface area contributed by atoms with E-state index >= 15 is 0 Å². The number of hydrogen-bond acceptors (Lipinski definition) is 5. The number of rotatable bonds is 3. The van der Waals surface area contributed by atoms with Crippen LogP contribution in [0.15, 0.2) is 4.79 Å². The minimum atomic E-state index is -0.656. The standard InChI is InChI=1S/C9H18N6O2/c1-6(5-13(3)4)11-8(16)15-9(17)14(10)7(2)12-15/h6H,5,10H2,1-4H3,(H,11,16). The molecule has 0 fully saturated rings. The molecule has 1 amide bonds. The van der Waals surface area contributed by atoms with Gasteiger partial charge in [-0.2, -0.15) is 4.68 Å². The summed E-state index contributed by atoms with van der Waals surface area (Å²) in [5.41, 5.74) is -0.656. The third kappa shape index (κ3) is 3.06. The molecule has 1 unspecified atom stereocenters. The van der Waals surface area contributed by atoms with Gasteiger partial charge in [-0.1, -0.05) is 0 Å². The van der Waals surface area contributed by atoms with Crippen molar-refractivity contribution in [2.75, 3.05) is 26.5 Å². The lowest BCUT2D eigenvalue weighted by atomic mass is 10.3. The molecule has 8 nitrogen and oxygen atoms in total. The molecule has 3 N–H and O–H groups in total.